The summed E-state index contributed by atoms with van der Waals surface area (Å²) in [7, 11) is 0. The highest BCUT2D eigenvalue weighted by molar-refractivity contribution is 5.72. The van der Waals surface area contributed by atoms with Crippen LogP contribution in [0.2, 0.25) is 0 Å². The van der Waals surface area contributed by atoms with E-state index in [4.69, 9.17) is 5.11 Å². The fourth-order valence-corrected chi connectivity index (χ4v) is 1.49. The molecule has 0 fully saturated rings. The van der Waals surface area contributed by atoms with Crippen molar-refractivity contribution in [3.8, 4) is 0 Å². The third-order valence-corrected chi connectivity index (χ3v) is 2.28. The molecule has 5 nitrogen and oxygen atoms in total. The number of alkyl carbamates (subject to hydrolysis) is 1. The number of rotatable bonds is 6. The molecule has 0 heterocycles. The van der Waals surface area contributed by atoms with Gasteiger partial charge < -0.3 is 15.2 Å². The molecule has 1 aromatic rings. The van der Waals surface area contributed by atoms with Crippen molar-refractivity contribution in [3.05, 3.63) is 48.3 Å². The molecule has 2 N–H and O–H groups in total. The number of aliphatic carboxylic acids is 1. The normalized spacial score (nSPS) is 11.4. The van der Waals surface area contributed by atoms with Crippen LogP contribution in [-0.4, -0.2) is 23.8 Å². The Labute approximate surface area is 109 Å². The molecule has 6 heteroatoms. The minimum Gasteiger partial charge on any atom is -0.481 e. The van der Waals surface area contributed by atoms with Crippen molar-refractivity contribution >= 4 is 12.1 Å². The number of hydrogen-bond donors (Lipinski definition) is 2. The first kappa shape index (κ1) is 14.7. The van der Waals surface area contributed by atoms with Crippen LogP contribution in [0.5, 0.6) is 0 Å². The van der Waals surface area contributed by atoms with Gasteiger partial charge in [0.25, 0.3) is 0 Å². The Balaban J connectivity index is 2.83. The zero-order valence-corrected chi connectivity index (χ0v) is 10.1. The number of carbonyl (C=O) groups excluding carboxylic acids is 1. The zero-order valence-electron chi connectivity index (χ0n) is 10.1. The summed E-state index contributed by atoms with van der Waals surface area (Å²) in [6, 6.07) is 4.66. The molecule has 0 spiro atoms. The number of ether oxygens (including phenoxy) is 1. The van der Waals surface area contributed by atoms with Gasteiger partial charge in [-0.15, -0.1) is 0 Å². The van der Waals surface area contributed by atoms with Gasteiger partial charge in [0, 0.05) is 5.56 Å². The lowest BCUT2D eigenvalue weighted by Gasteiger charge is -2.17. The number of halogens is 1. The lowest BCUT2D eigenvalue weighted by molar-refractivity contribution is -0.137. The van der Waals surface area contributed by atoms with E-state index in [1.54, 1.807) is 6.07 Å². The average molecular weight is 267 g/mol. The molecular formula is C13H14FNO4. The molecule has 0 bridgehead atoms. The first-order valence-corrected chi connectivity index (χ1v) is 5.55. The van der Waals surface area contributed by atoms with Crippen LogP contribution in [0.25, 0.3) is 0 Å². The summed E-state index contributed by atoms with van der Waals surface area (Å²) >= 11 is 0. The van der Waals surface area contributed by atoms with Crippen LogP contribution in [0, 0.1) is 5.82 Å². The van der Waals surface area contributed by atoms with E-state index >= 15 is 0 Å². The molecule has 0 unspecified atom stereocenters. The van der Waals surface area contributed by atoms with Gasteiger partial charge in [0.15, 0.2) is 0 Å². The molecule has 0 saturated carbocycles. The molecule has 0 saturated heterocycles. The number of benzene rings is 1. The van der Waals surface area contributed by atoms with E-state index in [9.17, 15) is 14.0 Å². The van der Waals surface area contributed by atoms with Gasteiger partial charge in [-0.3, -0.25) is 4.79 Å². The van der Waals surface area contributed by atoms with E-state index in [0.29, 0.717) is 0 Å². The molecule has 0 radical (unpaired) electrons. The highest BCUT2D eigenvalue weighted by atomic mass is 19.1. The van der Waals surface area contributed by atoms with Gasteiger partial charge >= 0.3 is 12.1 Å². The standard InChI is InChI=1S/C13H14FNO4/c1-2-7-19-13(18)15-11(8-12(16)17)9-5-3-4-6-10(9)14/h2-6,11H,1,7-8H2,(H,15,18)(H,16,17)/t11-/m0/s1. The summed E-state index contributed by atoms with van der Waals surface area (Å²) in [5.41, 5.74) is 0.0976. The molecule has 1 amide bonds. The molecule has 102 valence electrons. The Morgan fingerprint density at radius 1 is 1.47 bits per heavy atom. The van der Waals surface area contributed by atoms with Crippen LogP contribution >= 0.6 is 0 Å². The predicted molar refractivity (Wildman–Crippen MR) is 66.1 cm³/mol. The maximum absolute atomic E-state index is 13.6. The Hall–Kier alpha value is -2.37. The second-order valence-corrected chi connectivity index (χ2v) is 3.70. The quantitative estimate of drug-likeness (QED) is 0.775. The third-order valence-electron chi connectivity index (χ3n) is 2.28. The summed E-state index contributed by atoms with van der Waals surface area (Å²) in [5.74, 6) is -1.74. The SMILES string of the molecule is C=CCOC(=O)N[C@@H](CC(=O)O)c1ccccc1F. The average Bonchev–Trinajstić information content (AvgIpc) is 2.35. The van der Waals surface area contributed by atoms with Crippen molar-refractivity contribution in [2.24, 2.45) is 0 Å². The van der Waals surface area contributed by atoms with Crippen LogP contribution in [0.4, 0.5) is 9.18 Å². The van der Waals surface area contributed by atoms with Crippen molar-refractivity contribution in [2.75, 3.05) is 6.61 Å². The molecule has 19 heavy (non-hydrogen) atoms. The second kappa shape index (κ2) is 7.15. The largest absolute Gasteiger partial charge is 0.481 e. The molecule has 1 atom stereocenters. The molecule has 0 aliphatic heterocycles. The van der Waals surface area contributed by atoms with Crippen LogP contribution in [0.15, 0.2) is 36.9 Å². The molecule has 0 aliphatic carbocycles. The third kappa shape index (κ3) is 4.79. The number of carbonyl (C=O) groups is 2. The molecule has 1 rings (SSSR count). The lowest BCUT2D eigenvalue weighted by atomic mass is 10.0. The number of carboxylic acids is 1. The van der Waals surface area contributed by atoms with Crippen molar-refractivity contribution in [2.45, 2.75) is 12.5 Å². The monoisotopic (exact) mass is 267 g/mol. The van der Waals surface area contributed by atoms with Crippen LogP contribution in [0.3, 0.4) is 0 Å². The Bertz CT molecular complexity index is 475. The van der Waals surface area contributed by atoms with E-state index in [2.05, 4.69) is 16.6 Å². The van der Waals surface area contributed by atoms with E-state index < -0.39 is 30.3 Å². The summed E-state index contributed by atoms with van der Waals surface area (Å²) in [6.45, 7) is 3.36. The van der Waals surface area contributed by atoms with Gasteiger partial charge in [-0.1, -0.05) is 30.9 Å². The van der Waals surface area contributed by atoms with E-state index in [1.807, 2.05) is 0 Å². The fourth-order valence-electron chi connectivity index (χ4n) is 1.49. The number of hydrogen-bond acceptors (Lipinski definition) is 3. The highest BCUT2D eigenvalue weighted by Crippen LogP contribution is 2.20. The van der Waals surface area contributed by atoms with Gasteiger partial charge in [-0.25, -0.2) is 9.18 Å². The minimum atomic E-state index is -1.16. The number of nitrogens with one attached hydrogen (secondary N) is 1. The molecule has 1 aromatic carbocycles. The number of amides is 1. The highest BCUT2D eigenvalue weighted by Gasteiger charge is 2.21. The molecule has 0 aliphatic rings. The summed E-state index contributed by atoms with van der Waals surface area (Å²) in [4.78, 5) is 22.1. The second-order valence-electron chi connectivity index (χ2n) is 3.70. The minimum absolute atomic E-state index is 0.0110. The Morgan fingerprint density at radius 3 is 2.74 bits per heavy atom. The van der Waals surface area contributed by atoms with Gasteiger partial charge in [-0.05, 0) is 6.07 Å². The van der Waals surface area contributed by atoms with Crippen molar-refractivity contribution < 1.29 is 23.8 Å². The first-order valence-electron chi connectivity index (χ1n) is 5.55. The summed E-state index contributed by atoms with van der Waals surface area (Å²) in [6.07, 6.45) is 0.105. The smallest absolute Gasteiger partial charge is 0.407 e. The predicted octanol–water partition coefficient (Wildman–Crippen LogP) is 2.25. The Morgan fingerprint density at radius 2 is 2.16 bits per heavy atom. The van der Waals surface area contributed by atoms with E-state index in [0.717, 1.165) is 0 Å². The molecular weight excluding hydrogens is 253 g/mol. The van der Waals surface area contributed by atoms with Crippen LogP contribution < -0.4 is 5.32 Å². The molecule has 0 aromatic heterocycles. The maximum atomic E-state index is 13.6. The number of carboxylic acid groups (broad SMARTS) is 1. The van der Waals surface area contributed by atoms with Gasteiger partial charge in [0.05, 0.1) is 12.5 Å². The van der Waals surface area contributed by atoms with Crippen molar-refractivity contribution in [1.29, 1.82) is 0 Å². The van der Waals surface area contributed by atoms with Gasteiger partial charge in [0.1, 0.15) is 12.4 Å². The summed E-state index contributed by atoms with van der Waals surface area (Å²) < 4.78 is 18.3. The zero-order chi connectivity index (χ0) is 14.3. The first-order chi connectivity index (χ1) is 9.04. The Kier molecular flexibility index (Phi) is 5.53. The van der Waals surface area contributed by atoms with Gasteiger partial charge in [-0.2, -0.15) is 0 Å². The summed E-state index contributed by atoms with van der Waals surface area (Å²) in [5, 5.41) is 11.1. The van der Waals surface area contributed by atoms with Crippen molar-refractivity contribution in [1.82, 2.24) is 5.32 Å². The van der Waals surface area contributed by atoms with Crippen LogP contribution in [0.1, 0.15) is 18.0 Å². The van der Waals surface area contributed by atoms with E-state index in [-0.39, 0.29) is 12.2 Å². The van der Waals surface area contributed by atoms with Crippen molar-refractivity contribution in [3.63, 3.8) is 0 Å². The van der Waals surface area contributed by atoms with E-state index in [1.165, 1.54) is 24.3 Å². The van der Waals surface area contributed by atoms with Crippen LogP contribution in [-0.2, 0) is 9.53 Å². The maximum Gasteiger partial charge on any atom is 0.407 e. The lowest BCUT2D eigenvalue weighted by Crippen LogP contribution is -2.31. The van der Waals surface area contributed by atoms with Gasteiger partial charge in [0.2, 0.25) is 0 Å². The topological polar surface area (TPSA) is 75.6 Å². The fraction of sp³-hybridized carbons (Fsp3) is 0.231.